The molecule has 0 bridgehead atoms. The lowest BCUT2D eigenvalue weighted by Crippen LogP contribution is -2.12. The van der Waals surface area contributed by atoms with E-state index in [4.69, 9.17) is 4.42 Å². The first-order chi connectivity index (χ1) is 9.66. The second kappa shape index (κ2) is 4.85. The van der Waals surface area contributed by atoms with E-state index in [-0.39, 0.29) is 5.43 Å². The minimum absolute atomic E-state index is 0.0206. The molecular formula is C17H15NO2. The van der Waals surface area contributed by atoms with E-state index in [0.29, 0.717) is 16.9 Å². The zero-order valence-corrected chi connectivity index (χ0v) is 11.5. The van der Waals surface area contributed by atoms with Gasteiger partial charge < -0.3 is 9.32 Å². The molecule has 3 rings (SSSR count). The van der Waals surface area contributed by atoms with Gasteiger partial charge in [-0.05, 0) is 11.6 Å². The molecule has 20 heavy (non-hydrogen) atoms. The largest absolute Gasteiger partial charge is 0.440 e. The summed E-state index contributed by atoms with van der Waals surface area (Å²) in [6, 6.07) is 17.1. The Morgan fingerprint density at radius 2 is 1.70 bits per heavy atom. The topological polar surface area (TPSA) is 33.5 Å². The highest BCUT2D eigenvalue weighted by molar-refractivity contribution is 5.92. The summed E-state index contributed by atoms with van der Waals surface area (Å²) in [6.07, 6.45) is 0. The van der Waals surface area contributed by atoms with Crippen LogP contribution in [0.25, 0.3) is 22.1 Å². The van der Waals surface area contributed by atoms with E-state index in [1.165, 1.54) is 6.07 Å². The maximum atomic E-state index is 12.2. The lowest BCUT2D eigenvalue weighted by Gasteiger charge is -2.12. The van der Waals surface area contributed by atoms with Gasteiger partial charge in [-0.15, -0.1) is 0 Å². The Kier molecular flexibility index (Phi) is 3.03. The Balaban J connectivity index is 2.36. The lowest BCUT2D eigenvalue weighted by atomic mass is 10.0. The van der Waals surface area contributed by atoms with E-state index in [1.807, 2.05) is 56.6 Å². The number of rotatable bonds is 2. The molecule has 2 aromatic carbocycles. The van der Waals surface area contributed by atoms with Crippen molar-refractivity contribution in [3.8, 4) is 11.1 Å². The smallest absolute Gasteiger partial charge is 0.199 e. The van der Waals surface area contributed by atoms with Gasteiger partial charge in [-0.25, -0.2) is 0 Å². The van der Waals surface area contributed by atoms with Crippen LogP contribution in [0.3, 0.4) is 0 Å². The van der Waals surface area contributed by atoms with Gasteiger partial charge in [-0.1, -0.05) is 42.5 Å². The van der Waals surface area contributed by atoms with Gasteiger partial charge in [-0.2, -0.15) is 0 Å². The molecule has 0 radical (unpaired) electrons. The Bertz CT molecular complexity index is 804. The number of nitrogens with zero attached hydrogens (tertiary/aromatic N) is 1. The molecule has 0 unspecified atom stereocenters. The predicted molar refractivity (Wildman–Crippen MR) is 82.2 cm³/mol. The minimum atomic E-state index is -0.0206. The van der Waals surface area contributed by atoms with Crippen LogP contribution in [0.5, 0.6) is 0 Å². The van der Waals surface area contributed by atoms with E-state index in [2.05, 4.69) is 0 Å². The maximum absolute atomic E-state index is 12.2. The van der Waals surface area contributed by atoms with Crippen LogP contribution in [0.4, 0.5) is 5.88 Å². The molecule has 100 valence electrons. The third-order valence-electron chi connectivity index (χ3n) is 3.27. The summed E-state index contributed by atoms with van der Waals surface area (Å²) in [4.78, 5) is 14.0. The van der Waals surface area contributed by atoms with E-state index < -0.39 is 0 Å². The fraction of sp³-hybridized carbons (Fsp3) is 0.118. The van der Waals surface area contributed by atoms with Gasteiger partial charge in [0.2, 0.25) is 0 Å². The maximum Gasteiger partial charge on any atom is 0.199 e. The standard InChI is InChI=1S/C17H15NO2/c1-18(2)16-11-15(19)14-10-6-9-13(17(14)20-16)12-7-4-3-5-8-12/h3-11H,1-2H3. The first-order valence-electron chi connectivity index (χ1n) is 6.46. The normalized spacial score (nSPS) is 10.7. The van der Waals surface area contributed by atoms with Gasteiger partial charge in [0.1, 0.15) is 5.58 Å². The fourth-order valence-corrected chi connectivity index (χ4v) is 2.23. The summed E-state index contributed by atoms with van der Waals surface area (Å²) >= 11 is 0. The number of anilines is 1. The number of para-hydroxylation sites is 1. The zero-order valence-electron chi connectivity index (χ0n) is 11.5. The molecule has 0 atom stereocenters. The molecule has 1 heterocycles. The van der Waals surface area contributed by atoms with E-state index in [0.717, 1.165) is 11.1 Å². The Labute approximate surface area is 117 Å². The third kappa shape index (κ3) is 2.07. The van der Waals surface area contributed by atoms with Crippen LogP contribution in [0.15, 0.2) is 63.8 Å². The van der Waals surface area contributed by atoms with Gasteiger partial charge in [0, 0.05) is 25.7 Å². The zero-order chi connectivity index (χ0) is 14.1. The fourth-order valence-electron chi connectivity index (χ4n) is 2.23. The number of hydrogen-bond acceptors (Lipinski definition) is 3. The van der Waals surface area contributed by atoms with Crippen molar-refractivity contribution in [3.05, 3.63) is 64.8 Å². The molecule has 1 aromatic heterocycles. The minimum Gasteiger partial charge on any atom is -0.440 e. The molecule has 0 spiro atoms. The lowest BCUT2D eigenvalue weighted by molar-refractivity contribution is 0.598. The SMILES string of the molecule is CN(C)c1cc(=O)c2cccc(-c3ccccc3)c2o1. The summed E-state index contributed by atoms with van der Waals surface area (Å²) in [7, 11) is 3.71. The van der Waals surface area contributed by atoms with Crippen molar-refractivity contribution in [1.82, 2.24) is 0 Å². The highest BCUT2D eigenvalue weighted by Gasteiger charge is 2.11. The van der Waals surface area contributed by atoms with Gasteiger partial charge in [0.15, 0.2) is 11.3 Å². The van der Waals surface area contributed by atoms with Crippen LogP contribution >= 0.6 is 0 Å². The van der Waals surface area contributed by atoms with Gasteiger partial charge >= 0.3 is 0 Å². The molecule has 0 aliphatic carbocycles. The first kappa shape index (κ1) is 12.5. The predicted octanol–water partition coefficient (Wildman–Crippen LogP) is 3.53. The van der Waals surface area contributed by atoms with Crippen LogP contribution in [0, 0.1) is 0 Å². The molecule has 3 nitrogen and oxygen atoms in total. The average molecular weight is 265 g/mol. The van der Waals surface area contributed by atoms with Gasteiger partial charge in [-0.3, -0.25) is 4.79 Å². The Hall–Kier alpha value is -2.55. The van der Waals surface area contributed by atoms with Crippen molar-refractivity contribution in [3.63, 3.8) is 0 Å². The highest BCUT2D eigenvalue weighted by Crippen LogP contribution is 2.29. The second-order valence-electron chi connectivity index (χ2n) is 4.89. The van der Waals surface area contributed by atoms with Gasteiger partial charge in [0.05, 0.1) is 5.39 Å². The van der Waals surface area contributed by atoms with Crippen LogP contribution in [-0.2, 0) is 0 Å². The van der Waals surface area contributed by atoms with Gasteiger partial charge in [0.25, 0.3) is 0 Å². The molecular weight excluding hydrogens is 250 g/mol. The Morgan fingerprint density at radius 3 is 2.40 bits per heavy atom. The van der Waals surface area contributed by atoms with Crippen molar-refractivity contribution >= 4 is 16.9 Å². The summed E-state index contributed by atoms with van der Waals surface area (Å²) in [5.41, 5.74) is 2.59. The number of hydrogen-bond donors (Lipinski definition) is 0. The van der Waals surface area contributed by atoms with Crippen LogP contribution < -0.4 is 10.3 Å². The summed E-state index contributed by atoms with van der Waals surface area (Å²) in [5, 5.41) is 0.608. The van der Waals surface area contributed by atoms with Crippen molar-refractivity contribution < 1.29 is 4.42 Å². The van der Waals surface area contributed by atoms with E-state index >= 15 is 0 Å². The molecule has 0 saturated carbocycles. The van der Waals surface area contributed by atoms with Crippen molar-refractivity contribution in [1.29, 1.82) is 0 Å². The molecule has 3 heteroatoms. The quantitative estimate of drug-likeness (QED) is 0.710. The molecule has 0 N–H and O–H groups in total. The molecule has 0 amide bonds. The van der Waals surface area contributed by atoms with Crippen molar-refractivity contribution in [2.24, 2.45) is 0 Å². The molecule has 3 aromatic rings. The summed E-state index contributed by atoms with van der Waals surface area (Å²) in [6.45, 7) is 0. The third-order valence-corrected chi connectivity index (χ3v) is 3.27. The van der Waals surface area contributed by atoms with E-state index in [9.17, 15) is 4.79 Å². The second-order valence-corrected chi connectivity index (χ2v) is 4.89. The monoisotopic (exact) mass is 265 g/mol. The molecule has 0 aliphatic rings. The summed E-state index contributed by atoms with van der Waals surface area (Å²) < 4.78 is 5.92. The van der Waals surface area contributed by atoms with Crippen molar-refractivity contribution in [2.75, 3.05) is 19.0 Å². The summed E-state index contributed by atoms with van der Waals surface area (Å²) in [5.74, 6) is 0.561. The number of fused-ring (bicyclic) bond motifs is 1. The average Bonchev–Trinajstić information content (AvgIpc) is 2.47. The van der Waals surface area contributed by atoms with Crippen LogP contribution in [0.1, 0.15) is 0 Å². The van der Waals surface area contributed by atoms with Crippen LogP contribution in [-0.4, -0.2) is 14.1 Å². The molecule has 0 saturated heterocycles. The molecule has 0 fully saturated rings. The Morgan fingerprint density at radius 1 is 0.950 bits per heavy atom. The van der Waals surface area contributed by atoms with E-state index in [1.54, 1.807) is 11.0 Å². The first-order valence-corrected chi connectivity index (χ1v) is 6.46. The van der Waals surface area contributed by atoms with Crippen molar-refractivity contribution in [2.45, 2.75) is 0 Å². The highest BCUT2D eigenvalue weighted by atomic mass is 16.4. The number of benzene rings is 2. The molecule has 0 aliphatic heterocycles. The van der Waals surface area contributed by atoms with Crippen LogP contribution in [0.2, 0.25) is 0 Å².